The molecule has 0 aliphatic heterocycles. The first-order valence-electron chi connectivity index (χ1n) is 6.99. The molecule has 8 heteroatoms. The normalized spacial score (nSPS) is 10.8. The summed E-state index contributed by atoms with van der Waals surface area (Å²) in [6.07, 6.45) is 1.65. The van der Waals surface area contributed by atoms with E-state index in [9.17, 15) is 8.78 Å². The number of hydrogen-bond donors (Lipinski definition) is 2. The quantitative estimate of drug-likeness (QED) is 0.420. The van der Waals surface area contributed by atoms with Crippen molar-refractivity contribution in [1.29, 1.82) is 0 Å². The average Bonchev–Trinajstić information content (AvgIpc) is 2.58. The molecule has 0 radical (unpaired) electrons. The summed E-state index contributed by atoms with van der Waals surface area (Å²) in [6, 6.07) is 6.99. The van der Waals surface area contributed by atoms with Crippen LogP contribution in [0.5, 0.6) is 5.88 Å². The summed E-state index contributed by atoms with van der Waals surface area (Å²) in [5.41, 5.74) is 1.19. The van der Waals surface area contributed by atoms with Crippen molar-refractivity contribution < 1.29 is 13.5 Å². The summed E-state index contributed by atoms with van der Waals surface area (Å²) in [7, 11) is 3.15. The zero-order chi connectivity index (χ0) is 16.7. The first-order chi connectivity index (χ1) is 11.1. The van der Waals surface area contributed by atoms with Crippen LogP contribution in [0.3, 0.4) is 0 Å². The van der Waals surface area contributed by atoms with Crippen LogP contribution in [-0.2, 0) is 13.1 Å². The van der Waals surface area contributed by atoms with Gasteiger partial charge in [-0.25, -0.2) is 13.8 Å². The molecule has 0 saturated carbocycles. The van der Waals surface area contributed by atoms with E-state index in [-0.39, 0.29) is 36.1 Å². The molecule has 1 heterocycles. The van der Waals surface area contributed by atoms with E-state index in [1.54, 1.807) is 26.4 Å². The van der Waals surface area contributed by atoms with Gasteiger partial charge in [0.05, 0.1) is 7.11 Å². The summed E-state index contributed by atoms with van der Waals surface area (Å²) in [5.74, 6) is 0.0572. The third-order valence-corrected chi connectivity index (χ3v) is 3.15. The molecule has 0 amide bonds. The molecule has 0 aliphatic rings. The standard InChI is InChI=1S/C16H18F2N4O.HI/c1-19-16(21-9-11-5-6-20-15(7-11)23-2)22-10-12-8-13(17)3-4-14(12)18;/h3-8H,9-10H2,1-2H3,(H2,19,21,22);1H. The van der Waals surface area contributed by atoms with Gasteiger partial charge in [-0.3, -0.25) is 4.99 Å². The number of pyridine rings is 1. The van der Waals surface area contributed by atoms with Crippen LogP contribution in [0.2, 0.25) is 0 Å². The molecular formula is C16H19F2IN4O. The number of aromatic nitrogens is 1. The van der Waals surface area contributed by atoms with Gasteiger partial charge in [0.15, 0.2) is 5.96 Å². The molecule has 2 N–H and O–H groups in total. The number of ether oxygens (including phenoxy) is 1. The van der Waals surface area contributed by atoms with E-state index in [0.717, 1.165) is 23.8 Å². The maximum Gasteiger partial charge on any atom is 0.213 e. The summed E-state index contributed by atoms with van der Waals surface area (Å²) in [4.78, 5) is 8.07. The van der Waals surface area contributed by atoms with Crippen LogP contribution in [0, 0.1) is 11.6 Å². The van der Waals surface area contributed by atoms with E-state index < -0.39 is 11.6 Å². The van der Waals surface area contributed by atoms with Crippen molar-refractivity contribution in [2.24, 2.45) is 4.99 Å². The highest BCUT2D eigenvalue weighted by molar-refractivity contribution is 14.0. The Balaban J connectivity index is 0.00000288. The number of nitrogens with zero attached hydrogens (tertiary/aromatic N) is 2. The van der Waals surface area contributed by atoms with Crippen LogP contribution in [0.25, 0.3) is 0 Å². The fourth-order valence-electron chi connectivity index (χ4n) is 1.94. The molecule has 1 aromatic heterocycles. The Kier molecular flexibility index (Phi) is 8.37. The number of guanidine groups is 1. The lowest BCUT2D eigenvalue weighted by atomic mass is 10.2. The van der Waals surface area contributed by atoms with Gasteiger partial charge in [-0.2, -0.15) is 0 Å². The fraction of sp³-hybridized carbons (Fsp3) is 0.250. The van der Waals surface area contributed by atoms with Gasteiger partial charge in [-0.05, 0) is 29.8 Å². The van der Waals surface area contributed by atoms with Crippen molar-refractivity contribution in [3.63, 3.8) is 0 Å². The monoisotopic (exact) mass is 448 g/mol. The molecule has 1 aromatic carbocycles. The lowest BCUT2D eigenvalue weighted by Crippen LogP contribution is -2.36. The van der Waals surface area contributed by atoms with Gasteiger partial charge in [-0.15, -0.1) is 24.0 Å². The van der Waals surface area contributed by atoms with Gasteiger partial charge in [0, 0.05) is 38.0 Å². The minimum Gasteiger partial charge on any atom is -0.481 e. The van der Waals surface area contributed by atoms with E-state index >= 15 is 0 Å². The molecule has 0 fully saturated rings. The van der Waals surface area contributed by atoms with Crippen molar-refractivity contribution in [1.82, 2.24) is 15.6 Å². The van der Waals surface area contributed by atoms with Gasteiger partial charge >= 0.3 is 0 Å². The molecule has 2 rings (SSSR count). The molecule has 0 saturated heterocycles. The predicted octanol–water partition coefficient (Wildman–Crippen LogP) is 2.85. The molecule has 0 atom stereocenters. The smallest absolute Gasteiger partial charge is 0.213 e. The molecule has 0 aliphatic carbocycles. The molecule has 5 nitrogen and oxygen atoms in total. The maximum absolute atomic E-state index is 13.6. The molecule has 2 aromatic rings. The number of nitrogens with one attached hydrogen (secondary N) is 2. The molecule has 24 heavy (non-hydrogen) atoms. The Hall–Kier alpha value is -1.97. The molecule has 0 spiro atoms. The SMILES string of the molecule is CN=C(NCc1ccnc(OC)c1)NCc1cc(F)ccc1F.I. The van der Waals surface area contributed by atoms with Gasteiger partial charge in [-0.1, -0.05) is 0 Å². The molecular weight excluding hydrogens is 429 g/mol. The predicted molar refractivity (Wildman–Crippen MR) is 99.6 cm³/mol. The number of rotatable bonds is 5. The minimum atomic E-state index is -0.477. The van der Waals surface area contributed by atoms with Gasteiger partial charge in [0.25, 0.3) is 0 Å². The Bertz CT molecular complexity index is 698. The van der Waals surface area contributed by atoms with Crippen LogP contribution in [0.1, 0.15) is 11.1 Å². The zero-order valence-electron chi connectivity index (χ0n) is 13.3. The van der Waals surface area contributed by atoms with Gasteiger partial charge in [0.2, 0.25) is 5.88 Å². The van der Waals surface area contributed by atoms with Crippen molar-refractivity contribution in [2.45, 2.75) is 13.1 Å². The second-order valence-electron chi connectivity index (χ2n) is 4.72. The summed E-state index contributed by atoms with van der Waals surface area (Å²) >= 11 is 0. The number of halogens is 3. The second-order valence-corrected chi connectivity index (χ2v) is 4.72. The average molecular weight is 448 g/mol. The largest absolute Gasteiger partial charge is 0.481 e. The van der Waals surface area contributed by atoms with Crippen molar-refractivity contribution >= 4 is 29.9 Å². The highest BCUT2D eigenvalue weighted by atomic mass is 127. The lowest BCUT2D eigenvalue weighted by molar-refractivity contribution is 0.397. The summed E-state index contributed by atoms with van der Waals surface area (Å²) in [6.45, 7) is 0.618. The first kappa shape index (κ1) is 20.1. The molecule has 130 valence electrons. The van der Waals surface area contributed by atoms with E-state index in [2.05, 4.69) is 20.6 Å². The fourth-order valence-corrected chi connectivity index (χ4v) is 1.94. The van der Waals surface area contributed by atoms with Gasteiger partial charge in [0.1, 0.15) is 11.6 Å². The second kappa shape index (κ2) is 10.0. The van der Waals surface area contributed by atoms with Gasteiger partial charge < -0.3 is 15.4 Å². The Morgan fingerprint density at radius 3 is 2.62 bits per heavy atom. The summed E-state index contributed by atoms with van der Waals surface area (Å²) in [5, 5.41) is 6.02. The first-order valence-corrected chi connectivity index (χ1v) is 6.99. The van der Waals surface area contributed by atoms with Crippen LogP contribution in [0.15, 0.2) is 41.5 Å². The van der Waals surface area contributed by atoms with Crippen LogP contribution in [0.4, 0.5) is 8.78 Å². The maximum atomic E-state index is 13.6. The summed E-state index contributed by atoms with van der Waals surface area (Å²) < 4.78 is 31.8. The number of benzene rings is 1. The van der Waals surface area contributed by atoms with E-state index in [4.69, 9.17) is 4.74 Å². The Morgan fingerprint density at radius 2 is 1.92 bits per heavy atom. The lowest BCUT2D eigenvalue weighted by Gasteiger charge is -2.12. The highest BCUT2D eigenvalue weighted by Crippen LogP contribution is 2.10. The van der Waals surface area contributed by atoms with Crippen LogP contribution in [-0.4, -0.2) is 25.1 Å². The number of hydrogen-bond acceptors (Lipinski definition) is 3. The van der Waals surface area contributed by atoms with E-state index in [1.807, 2.05) is 6.07 Å². The van der Waals surface area contributed by atoms with Crippen LogP contribution >= 0.6 is 24.0 Å². The molecule has 0 unspecified atom stereocenters. The Labute approximate surface area is 156 Å². The topological polar surface area (TPSA) is 58.5 Å². The minimum absolute atomic E-state index is 0. The van der Waals surface area contributed by atoms with Crippen molar-refractivity contribution in [3.05, 3.63) is 59.3 Å². The molecule has 0 bridgehead atoms. The third kappa shape index (κ3) is 5.91. The van der Waals surface area contributed by atoms with E-state index in [1.165, 1.54) is 0 Å². The van der Waals surface area contributed by atoms with Crippen molar-refractivity contribution in [3.8, 4) is 5.88 Å². The highest BCUT2D eigenvalue weighted by Gasteiger charge is 2.05. The zero-order valence-corrected chi connectivity index (χ0v) is 15.7. The van der Waals surface area contributed by atoms with Crippen molar-refractivity contribution in [2.75, 3.05) is 14.2 Å². The van der Waals surface area contributed by atoms with Crippen LogP contribution < -0.4 is 15.4 Å². The third-order valence-electron chi connectivity index (χ3n) is 3.15. The number of aliphatic imine (C=N–C) groups is 1. The number of methoxy groups -OCH3 is 1. The Morgan fingerprint density at radius 1 is 1.17 bits per heavy atom. The van der Waals surface area contributed by atoms with E-state index in [0.29, 0.717) is 18.4 Å².